The van der Waals surface area contributed by atoms with Gasteiger partial charge in [0, 0.05) is 54.9 Å². The van der Waals surface area contributed by atoms with Crippen molar-refractivity contribution in [2.75, 3.05) is 38.5 Å². The summed E-state index contributed by atoms with van der Waals surface area (Å²) in [5.74, 6) is -5.32. The van der Waals surface area contributed by atoms with Gasteiger partial charge in [-0.15, -0.1) is 0 Å². The van der Waals surface area contributed by atoms with Crippen molar-refractivity contribution in [1.82, 2.24) is 9.55 Å². The van der Waals surface area contributed by atoms with Gasteiger partial charge in [-0.1, -0.05) is 35.3 Å². The van der Waals surface area contributed by atoms with Crippen LogP contribution in [0.3, 0.4) is 0 Å². The van der Waals surface area contributed by atoms with Gasteiger partial charge in [-0.25, -0.2) is 33.8 Å². The van der Waals surface area contributed by atoms with Crippen LogP contribution >= 0.6 is 0 Å². The van der Waals surface area contributed by atoms with Crippen molar-refractivity contribution in [3.05, 3.63) is 104 Å². The number of carbonyl (C=O) groups is 6. The van der Waals surface area contributed by atoms with Crippen molar-refractivity contribution in [1.29, 1.82) is 0 Å². The maximum absolute atomic E-state index is 9.55. The van der Waals surface area contributed by atoms with E-state index in [2.05, 4.69) is 39.8 Å². The monoisotopic (exact) mass is 847 g/mol. The predicted molar refractivity (Wildman–Crippen MR) is 219 cm³/mol. The Bertz CT molecular complexity index is 2060. The van der Waals surface area contributed by atoms with Crippen molar-refractivity contribution < 1.29 is 78.9 Å². The van der Waals surface area contributed by atoms with Crippen molar-refractivity contribution in [2.24, 2.45) is 0 Å². The summed E-state index contributed by atoms with van der Waals surface area (Å²) in [5.41, 5.74) is 9.75. The lowest BCUT2D eigenvalue weighted by atomic mass is 9.89. The minimum atomic E-state index is -1.26. The minimum Gasteiger partial charge on any atom is -0.478 e. The highest BCUT2D eigenvalue weighted by molar-refractivity contribution is 5.99. The summed E-state index contributed by atoms with van der Waals surface area (Å²) in [6.07, 6.45) is 12.4. The highest BCUT2D eigenvalue weighted by atomic mass is 16.5. The molecule has 2 aromatic heterocycles. The largest absolute Gasteiger partial charge is 0.478 e. The Morgan fingerprint density at radius 3 is 1.61 bits per heavy atom. The smallest absolute Gasteiger partial charge is 0.328 e. The Labute approximate surface area is 349 Å². The summed E-state index contributed by atoms with van der Waals surface area (Å²) >= 11 is 0. The number of likely N-dealkylation sites (N-methyl/N-ethyl adjacent to an activating group) is 1. The second-order valence-corrected chi connectivity index (χ2v) is 13.7. The normalized spacial score (nSPS) is 18.4. The molecule has 0 unspecified atom stereocenters. The van der Waals surface area contributed by atoms with Gasteiger partial charge in [0.15, 0.2) is 0 Å². The Morgan fingerprint density at radius 1 is 0.705 bits per heavy atom. The number of rotatable bonds is 12. The van der Waals surface area contributed by atoms with Gasteiger partial charge in [0.1, 0.15) is 43.1 Å². The van der Waals surface area contributed by atoms with E-state index in [1.165, 1.54) is 58.4 Å². The average Bonchev–Trinajstić information content (AvgIpc) is 3.64. The van der Waals surface area contributed by atoms with E-state index in [1.54, 1.807) is 11.2 Å². The number of nitrogens with zero attached hydrogens (tertiary/aromatic N) is 2. The molecular formula is C42H51N6O13+3. The molecule has 0 amide bonds. The molecule has 1 saturated heterocycles. The number of fused-ring (bicyclic) bond motifs is 1. The van der Waals surface area contributed by atoms with Crippen LogP contribution in [0.4, 0.5) is 5.82 Å². The highest BCUT2D eigenvalue weighted by Gasteiger charge is 2.35. The molecule has 0 spiro atoms. The van der Waals surface area contributed by atoms with Crippen LogP contribution in [0.2, 0.25) is 0 Å². The fourth-order valence-corrected chi connectivity index (χ4v) is 6.87. The maximum Gasteiger partial charge on any atom is 0.328 e. The molecule has 2 aliphatic rings. The first-order chi connectivity index (χ1) is 29.1. The van der Waals surface area contributed by atoms with E-state index in [1.807, 2.05) is 47.4 Å². The molecule has 0 radical (unpaired) electrons. The zero-order chi connectivity index (χ0) is 44.9. The molecule has 6 rings (SSSR count). The number of nitrogens with one attached hydrogen (secondary N) is 3. The number of hydrogen-bond acceptors (Lipinski definition) is 9. The first-order valence-electron chi connectivity index (χ1n) is 19.2. The fraction of sp³-hybridized carbons (Fsp3) is 0.286. The molecule has 61 heavy (non-hydrogen) atoms. The molecule has 324 valence electrons. The van der Waals surface area contributed by atoms with Gasteiger partial charge < -0.3 is 50.9 Å². The predicted octanol–water partition coefficient (Wildman–Crippen LogP) is 1.31. The van der Waals surface area contributed by atoms with Crippen LogP contribution in [0.15, 0.2) is 104 Å². The summed E-state index contributed by atoms with van der Waals surface area (Å²) in [6, 6.07) is 19.4. The second-order valence-electron chi connectivity index (χ2n) is 13.7. The van der Waals surface area contributed by atoms with Gasteiger partial charge in [-0.2, -0.15) is 0 Å². The molecule has 2 fully saturated rings. The number of carboxylic acids is 6. The highest BCUT2D eigenvalue weighted by Crippen LogP contribution is 2.37. The lowest BCUT2D eigenvalue weighted by molar-refractivity contribution is -1.02. The third-order valence-electron chi connectivity index (χ3n) is 9.71. The summed E-state index contributed by atoms with van der Waals surface area (Å²) in [5, 5.41) is 47.9. The van der Waals surface area contributed by atoms with Crippen molar-refractivity contribution >= 4 is 52.7 Å². The van der Waals surface area contributed by atoms with Gasteiger partial charge in [0.05, 0.1) is 24.8 Å². The Morgan fingerprint density at radius 2 is 1.16 bits per heavy atom. The third kappa shape index (κ3) is 16.8. The van der Waals surface area contributed by atoms with E-state index in [0.29, 0.717) is 48.3 Å². The quantitative estimate of drug-likeness (QED) is 0.0909. The van der Waals surface area contributed by atoms with E-state index < -0.39 is 35.8 Å². The number of aliphatic carboxylic acids is 6. The number of anilines is 1. The van der Waals surface area contributed by atoms with Crippen LogP contribution in [0.1, 0.15) is 38.6 Å². The first kappa shape index (κ1) is 48.0. The van der Waals surface area contributed by atoms with Gasteiger partial charge in [-0.05, 0) is 49.6 Å². The molecule has 1 saturated carbocycles. The fourth-order valence-electron chi connectivity index (χ4n) is 6.87. The standard InChI is InChI=1S/C30H36N6O.3C4H4O4/c1-2-34-16-18-35(19-17-34)23-10-12-24(13-11-23)36-20-27(28-29(31)32-21-33-30(28)36)22-8-14-26(15-9-22)37-25-6-4-3-5-7-25;3*5-3(6)1-2-4(7)8/h3-9,14-15,20-21,23-24H,2,10-13,16-19H2,1H3,(H2,31,32,33);3*1-2H,(H,5,6)(H,7,8)/p+3/b;3*2-1-. The van der Waals surface area contributed by atoms with Crippen molar-refractivity contribution in [2.45, 2.75) is 44.7 Å². The number of quaternary nitrogens is 2. The number of piperazine rings is 1. The Balaban J connectivity index is 0.000000338. The van der Waals surface area contributed by atoms with Crippen molar-refractivity contribution in [3.63, 3.8) is 0 Å². The molecule has 0 atom stereocenters. The number of aromatic nitrogens is 3. The van der Waals surface area contributed by atoms with E-state index in [9.17, 15) is 28.8 Å². The van der Waals surface area contributed by atoms with Crippen LogP contribution < -0.4 is 25.3 Å². The first-order valence-corrected chi connectivity index (χ1v) is 19.2. The van der Waals surface area contributed by atoms with Gasteiger partial charge in [-0.3, -0.25) is 4.57 Å². The molecule has 3 heterocycles. The van der Waals surface area contributed by atoms with Crippen LogP contribution in [0.5, 0.6) is 11.5 Å². The maximum atomic E-state index is 9.55. The molecule has 19 nitrogen and oxygen atoms in total. The topological polar surface area (TPSA) is 300 Å². The molecule has 1 aliphatic carbocycles. The van der Waals surface area contributed by atoms with Crippen LogP contribution in [0.25, 0.3) is 22.2 Å². The number of para-hydroxylation sites is 1. The van der Waals surface area contributed by atoms with E-state index >= 15 is 0 Å². The summed E-state index contributed by atoms with van der Waals surface area (Å²) < 4.78 is 8.43. The SMILES string of the molecule is CC[NH+]1CC[NH+](C2CCC(n3cc(-c4ccc(Oc5ccccc5)cc4)c4c(N)nc[nH+]c43)CC2)CC1.O=C(O)/C=C\C(=O)O.O=C(O)/C=C\C(=O)O.O=C(O)/C=C\C(=O)O. The van der Waals surface area contributed by atoms with Crippen LogP contribution in [-0.2, 0) is 28.8 Å². The number of hydrogen-bond donors (Lipinski definition) is 9. The van der Waals surface area contributed by atoms with Crippen molar-refractivity contribution in [3.8, 4) is 22.6 Å². The Hall–Kier alpha value is -7.38. The molecule has 11 N–H and O–H groups in total. The zero-order valence-corrected chi connectivity index (χ0v) is 33.3. The molecule has 19 heteroatoms. The van der Waals surface area contributed by atoms with E-state index in [-0.39, 0.29) is 0 Å². The lowest BCUT2D eigenvalue weighted by Gasteiger charge is -2.37. The molecule has 0 bridgehead atoms. The third-order valence-corrected chi connectivity index (χ3v) is 9.71. The van der Waals surface area contributed by atoms with Crippen LogP contribution in [-0.4, -0.2) is 115 Å². The molecule has 1 aliphatic heterocycles. The minimum absolute atomic E-state index is 0.480. The zero-order valence-electron chi connectivity index (χ0n) is 33.3. The second kappa shape index (κ2) is 24.5. The van der Waals surface area contributed by atoms with Gasteiger partial charge in [0.25, 0.3) is 0 Å². The van der Waals surface area contributed by atoms with Gasteiger partial charge >= 0.3 is 35.8 Å². The number of nitrogen functional groups attached to an aromatic ring is 1. The van der Waals surface area contributed by atoms with Gasteiger partial charge in [0.2, 0.25) is 17.8 Å². The lowest BCUT2D eigenvalue weighted by Crippen LogP contribution is -3.29. The number of nitrogens with two attached hydrogens (primary N) is 1. The van der Waals surface area contributed by atoms with Crippen LogP contribution in [0, 0.1) is 0 Å². The molecule has 4 aromatic rings. The van der Waals surface area contributed by atoms with E-state index in [4.69, 9.17) is 41.1 Å². The molecular weight excluding hydrogens is 796 g/mol. The average molecular weight is 848 g/mol. The number of carboxylic acid groups (broad SMARTS) is 6. The summed E-state index contributed by atoms with van der Waals surface area (Å²) in [4.78, 5) is 68.7. The van der Waals surface area contributed by atoms with E-state index in [0.717, 1.165) is 39.7 Å². The summed E-state index contributed by atoms with van der Waals surface area (Å²) in [7, 11) is 0. The number of benzene rings is 2. The Kier molecular flexibility index (Phi) is 19.3. The summed E-state index contributed by atoms with van der Waals surface area (Å²) in [6.45, 7) is 8.89. The number of aromatic amines is 1. The number of H-pyrrole nitrogens is 1. The molecule has 2 aromatic carbocycles. The number of ether oxygens (including phenoxy) is 1.